The summed E-state index contributed by atoms with van der Waals surface area (Å²) in [5.74, 6) is -0.966. The molecule has 0 aliphatic carbocycles. The molecular formula is C16H22N3O4PS. The largest absolute Gasteiger partial charge is 0.435 e. The molecule has 2 N–H and O–H groups in total. The van der Waals surface area contributed by atoms with Gasteiger partial charge in [0.2, 0.25) is 0 Å². The number of amides is 1. The molecule has 0 saturated heterocycles. The lowest BCUT2D eigenvalue weighted by Crippen LogP contribution is -2.28. The van der Waals surface area contributed by atoms with Crippen molar-refractivity contribution in [3.05, 3.63) is 47.2 Å². The fourth-order valence-corrected chi connectivity index (χ4v) is 4.39. The van der Waals surface area contributed by atoms with Crippen LogP contribution in [-0.2, 0) is 25.0 Å². The smallest absolute Gasteiger partial charge is 0.365 e. The van der Waals surface area contributed by atoms with Crippen molar-refractivity contribution in [3.63, 3.8) is 0 Å². The molecule has 1 amide bonds. The number of thiol groups is 1. The molecule has 0 bridgehead atoms. The zero-order valence-corrected chi connectivity index (χ0v) is 16.0. The van der Waals surface area contributed by atoms with Crippen LogP contribution in [0.25, 0.3) is 0 Å². The number of rotatable bonds is 10. The van der Waals surface area contributed by atoms with E-state index in [1.807, 2.05) is 30.3 Å². The third-order valence-electron chi connectivity index (χ3n) is 3.16. The number of hydrogen-bond donors (Lipinski definition) is 2. The Hall–Kier alpha value is -1.78. The van der Waals surface area contributed by atoms with E-state index >= 15 is 0 Å². The highest BCUT2D eigenvalue weighted by Gasteiger charge is 2.36. The molecule has 1 rings (SSSR count). The minimum atomic E-state index is -3.81. The predicted molar refractivity (Wildman–Crippen MR) is 98.5 cm³/mol. The molecule has 0 aliphatic rings. The van der Waals surface area contributed by atoms with Crippen LogP contribution in [0.5, 0.6) is 0 Å². The van der Waals surface area contributed by atoms with Gasteiger partial charge in [-0.25, -0.2) is 4.57 Å². The van der Waals surface area contributed by atoms with Crippen molar-refractivity contribution in [2.24, 2.45) is 5.73 Å². The van der Waals surface area contributed by atoms with Crippen molar-refractivity contribution < 1.29 is 18.4 Å². The molecule has 0 aliphatic heterocycles. The van der Waals surface area contributed by atoms with Gasteiger partial charge in [-0.3, -0.25) is 18.5 Å². The summed E-state index contributed by atoms with van der Waals surface area (Å²) in [6.07, 6.45) is 0. The lowest BCUT2D eigenvalue weighted by atomic mass is 10.2. The second-order valence-electron chi connectivity index (χ2n) is 4.80. The highest BCUT2D eigenvalue weighted by atomic mass is 32.1. The minimum absolute atomic E-state index is 0.0389. The van der Waals surface area contributed by atoms with Gasteiger partial charge in [-0.1, -0.05) is 30.3 Å². The van der Waals surface area contributed by atoms with Gasteiger partial charge in [0.1, 0.15) is 11.6 Å². The third-order valence-corrected chi connectivity index (χ3v) is 5.61. The maximum atomic E-state index is 13.3. The molecule has 0 unspecified atom stereocenters. The lowest BCUT2D eigenvalue weighted by Gasteiger charge is -2.33. The van der Waals surface area contributed by atoms with E-state index in [-0.39, 0.29) is 36.8 Å². The summed E-state index contributed by atoms with van der Waals surface area (Å²) in [5, 5.41) is 9.30. The van der Waals surface area contributed by atoms with Gasteiger partial charge >= 0.3 is 7.75 Å². The van der Waals surface area contributed by atoms with Crippen molar-refractivity contribution in [2.45, 2.75) is 20.4 Å². The monoisotopic (exact) mass is 383 g/mol. The van der Waals surface area contributed by atoms with E-state index in [9.17, 15) is 14.6 Å². The van der Waals surface area contributed by atoms with Crippen LogP contribution in [0.1, 0.15) is 19.4 Å². The summed E-state index contributed by atoms with van der Waals surface area (Å²) >= 11 is 4.19. The maximum Gasteiger partial charge on any atom is 0.435 e. The summed E-state index contributed by atoms with van der Waals surface area (Å²) in [4.78, 5) is 11.6. The van der Waals surface area contributed by atoms with Gasteiger partial charge in [0.15, 0.2) is 0 Å². The average Bonchev–Trinajstić information content (AvgIpc) is 2.58. The van der Waals surface area contributed by atoms with E-state index in [1.54, 1.807) is 19.9 Å². The Bertz CT molecular complexity index is 693. The molecule has 136 valence electrons. The standard InChI is InChI=1S/C16H22N3O4PS/c1-3-22-24(21,23-4-2)19(11-13-8-6-5-7-9-13)15(12-25)14(10-17)16(18)20/h5-9,25H,3-4,11-12H2,1-2H3,(H2,18,20)/b15-14+. The Morgan fingerprint density at radius 3 is 2.24 bits per heavy atom. The van der Waals surface area contributed by atoms with Gasteiger partial charge in [0.25, 0.3) is 5.91 Å². The lowest BCUT2D eigenvalue weighted by molar-refractivity contribution is -0.114. The van der Waals surface area contributed by atoms with Crippen molar-refractivity contribution in [1.29, 1.82) is 5.26 Å². The summed E-state index contributed by atoms with van der Waals surface area (Å²) < 4.78 is 25.4. The number of benzene rings is 1. The SMILES string of the molecule is CCOP(=O)(OCC)N(Cc1ccccc1)/C(CS)=C(\C#N)C(N)=O. The van der Waals surface area contributed by atoms with Crippen LogP contribution in [0.4, 0.5) is 0 Å². The molecule has 7 nitrogen and oxygen atoms in total. The van der Waals surface area contributed by atoms with E-state index in [4.69, 9.17) is 14.8 Å². The fourth-order valence-electron chi connectivity index (χ4n) is 2.14. The van der Waals surface area contributed by atoms with Crippen LogP contribution in [0.3, 0.4) is 0 Å². The molecule has 0 heterocycles. The molecule has 1 aromatic carbocycles. The van der Waals surface area contributed by atoms with Crippen LogP contribution in [0.15, 0.2) is 41.6 Å². The minimum Gasteiger partial charge on any atom is -0.365 e. The van der Waals surface area contributed by atoms with Crippen LogP contribution in [-0.4, -0.2) is 29.5 Å². The molecule has 0 fully saturated rings. The average molecular weight is 383 g/mol. The highest BCUT2D eigenvalue weighted by molar-refractivity contribution is 7.80. The Morgan fingerprint density at radius 1 is 1.28 bits per heavy atom. The molecule has 0 radical (unpaired) electrons. The van der Waals surface area contributed by atoms with E-state index in [0.29, 0.717) is 0 Å². The van der Waals surface area contributed by atoms with Crippen molar-refractivity contribution in [1.82, 2.24) is 4.67 Å². The van der Waals surface area contributed by atoms with Crippen LogP contribution < -0.4 is 5.73 Å². The summed E-state index contributed by atoms with van der Waals surface area (Å²) in [5.41, 5.74) is 5.87. The van der Waals surface area contributed by atoms with E-state index in [1.165, 1.54) is 4.67 Å². The molecule has 25 heavy (non-hydrogen) atoms. The zero-order chi connectivity index (χ0) is 18.9. The van der Waals surface area contributed by atoms with Crippen molar-refractivity contribution >= 4 is 26.3 Å². The fraction of sp³-hybridized carbons (Fsp3) is 0.375. The first-order chi connectivity index (χ1) is 11.9. The van der Waals surface area contributed by atoms with Crippen molar-refractivity contribution in [2.75, 3.05) is 19.0 Å². The zero-order valence-electron chi connectivity index (χ0n) is 14.2. The molecule has 0 spiro atoms. The topological polar surface area (TPSA) is 106 Å². The van der Waals surface area contributed by atoms with Gasteiger partial charge in [0.05, 0.1) is 25.5 Å². The third kappa shape index (κ3) is 5.62. The number of nitrogens with two attached hydrogens (primary N) is 1. The van der Waals surface area contributed by atoms with Gasteiger partial charge in [-0.2, -0.15) is 17.9 Å². The molecular weight excluding hydrogens is 361 g/mol. The first kappa shape index (κ1) is 21.3. The molecule has 0 atom stereocenters. The first-order valence-corrected chi connectivity index (χ1v) is 9.81. The number of carbonyl (C=O) groups is 1. The van der Waals surface area contributed by atoms with Gasteiger partial charge in [-0.05, 0) is 19.4 Å². The quantitative estimate of drug-likeness (QED) is 0.279. The first-order valence-electron chi connectivity index (χ1n) is 7.68. The second kappa shape index (κ2) is 10.3. The van der Waals surface area contributed by atoms with E-state index in [0.717, 1.165) is 5.56 Å². The van der Waals surface area contributed by atoms with Gasteiger partial charge in [-0.15, -0.1) is 0 Å². The predicted octanol–water partition coefficient (Wildman–Crippen LogP) is 2.86. The number of carbonyl (C=O) groups excluding carboxylic acids is 1. The van der Waals surface area contributed by atoms with Gasteiger partial charge < -0.3 is 5.73 Å². The van der Waals surface area contributed by atoms with Gasteiger partial charge in [0, 0.05) is 5.75 Å². The highest BCUT2D eigenvalue weighted by Crippen LogP contribution is 2.55. The molecule has 0 aromatic heterocycles. The number of nitriles is 1. The normalized spacial score (nSPS) is 12.2. The van der Waals surface area contributed by atoms with Crippen molar-refractivity contribution in [3.8, 4) is 6.07 Å². The Balaban J connectivity index is 3.52. The van der Waals surface area contributed by atoms with E-state index in [2.05, 4.69) is 12.6 Å². The van der Waals surface area contributed by atoms with Crippen LogP contribution in [0.2, 0.25) is 0 Å². The molecule has 0 saturated carbocycles. The molecule has 1 aromatic rings. The number of hydrogen-bond acceptors (Lipinski definition) is 6. The van der Waals surface area contributed by atoms with E-state index < -0.39 is 13.7 Å². The Kier molecular flexibility index (Phi) is 8.73. The summed E-state index contributed by atoms with van der Waals surface area (Å²) in [6.45, 7) is 3.71. The molecule has 9 heteroatoms. The summed E-state index contributed by atoms with van der Waals surface area (Å²) in [7, 11) is -3.81. The summed E-state index contributed by atoms with van der Waals surface area (Å²) in [6, 6.07) is 10.9. The van der Waals surface area contributed by atoms with Crippen LogP contribution >= 0.6 is 20.4 Å². The Morgan fingerprint density at radius 2 is 1.84 bits per heavy atom. The maximum absolute atomic E-state index is 13.3. The number of primary amides is 1. The number of nitrogens with zero attached hydrogens (tertiary/aromatic N) is 2. The second-order valence-corrected chi connectivity index (χ2v) is 7.06. The Labute approximate surface area is 153 Å². The van der Waals surface area contributed by atoms with Crippen LogP contribution in [0, 0.1) is 11.3 Å².